The number of aliphatic carboxylic acids is 1. The van der Waals surface area contributed by atoms with Crippen molar-refractivity contribution in [2.75, 3.05) is 6.54 Å². The fourth-order valence-corrected chi connectivity index (χ4v) is 4.39. The van der Waals surface area contributed by atoms with Crippen LogP contribution in [0.5, 0.6) is 0 Å². The number of aryl methyl sites for hydroxylation is 1. The Morgan fingerprint density at radius 3 is 2.21 bits per heavy atom. The summed E-state index contributed by atoms with van der Waals surface area (Å²) >= 11 is 7.76. The summed E-state index contributed by atoms with van der Waals surface area (Å²) in [5, 5.41) is 9.85. The van der Waals surface area contributed by atoms with Crippen LogP contribution in [0.2, 0.25) is 5.02 Å². The zero-order valence-corrected chi connectivity index (χ0v) is 17.9. The lowest BCUT2D eigenvalue weighted by Gasteiger charge is -2.22. The molecule has 0 aliphatic rings. The number of halogens is 1. The van der Waals surface area contributed by atoms with Crippen LogP contribution in [-0.4, -0.2) is 22.5 Å². The van der Waals surface area contributed by atoms with Gasteiger partial charge in [0, 0.05) is 34.4 Å². The normalized spacial score (nSPS) is 11.0. The van der Waals surface area contributed by atoms with Crippen molar-refractivity contribution < 1.29 is 9.90 Å². The van der Waals surface area contributed by atoms with Crippen molar-refractivity contribution in [3.05, 3.63) is 94.5 Å². The zero-order valence-electron chi connectivity index (χ0n) is 16.3. The molecule has 150 valence electrons. The van der Waals surface area contributed by atoms with E-state index in [-0.39, 0.29) is 6.42 Å². The summed E-state index contributed by atoms with van der Waals surface area (Å²) in [6, 6.07) is 24.5. The number of benzene rings is 3. The first kappa shape index (κ1) is 21.4. The topological polar surface area (TPSA) is 40.5 Å². The summed E-state index contributed by atoms with van der Waals surface area (Å²) in [6.07, 6.45) is 0.128. The molecule has 0 heterocycles. The minimum atomic E-state index is -0.774. The predicted molar refractivity (Wildman–Crippen MR) is 120 cm³/mol. The summed E-state index contributed by atoms with van der Waals surface area (Å²) in [4.78, 5) is 15.5. The van der Waals surface area contributed by atoms with Crippen LogP contribution in [-0.2, 0) is 17.9 Å². The zero-order chi connectivity index (χ0) is 20.6. The van der Waals surface area contributed by atoms with Crippen molar-refractivity contribution in [1.29, 1.82) is 0 Å². The second-order valence-corrected chi connectivity index (χ2v) is 8.63. The highest BCUT2D eigenvalue weighted by Crippen LogP contribution is 2.30. The number of nitrogens with zero attached hydrogens (tertiary/aromatic N) is 1. The number of carboxylic acids is 1. The minimum Gasteiger partial charge on any atom is -0.481 e. The second kappa shape index (κ2) is 10.5. The number of carbonyl (C=O) groups is 1. The van der Waals surface area contributed by atoms with Gasteiger partial charge in [0.05, 0.1) is 6.42 Å². The van der Waals surface area contributed by atoms with Crippen LogP contribution in [0.1, 0.15) is 23.1 Å². The molecule has 0 bridgehead atoms. The quantitative estimate of drug-likeness (QED) is 0.438. The first-order valence-corrected chi connectivity index (χ1v) is 10.7. The molecule has 0 aliphatic heterocycles. The van der Waals surface area contributed by atoms with Gasteiger partial charge in [-0.2, -0.15) is 0 Å². The van der Waals surface area contributed by atoms with Crippen LogP contribution in [0.15, 0.2) is 82.6 Å². The van der Waals surface area contributed by atoms with Gasteiger partial charge in [-0.15, -0.1) is 0 Å². The highest BCUT2D eigenvalue weighted by atomic mass is 35.5. The van der Waals surface area contributed by atoms with E-state index >= 15 is 0 Å². The minimum absolute atomic E-state index is 0.128. The van der Waals surface area contributed by atoms with E-state index in [9.17, 15) is 4.79 Å². The average Bonchev–Trinajstić information content (AvgIpc) is 2.66. The molecule has 0 amide bonds. The summed E-state index contributed by atoms with van der Waals surface area (Å²) in [5.74, 6) is -0.774. The fourth-order valence-electron chi connectivity index (χ4n) is 3.17. The molecule has 0 radical (unpaired) electrons. The summed E-state index contributed by atoms with van der Waals surface area (Å²) in [6.45, 7) is 4.00. The molecule has 0 aliphatic carbocycles. The monoisotopic (exact) mass is 425 g/mol. The molecule has 3 aromatic carbocycles. The molecule has 0 saturated carbocycles. The summed E-state index contributed by atoms with van der Waals surface area (Å²) in [7, 11) is 0. The van der Waals surface area contributed by atoms with Crippen molar-refractivity contribution >= 4 is 29.3 Å². The molecule has 0 saturated heterocycles. The van der Waals surface area contributed by atoms with Crippen LogP contribution in [0.25, 0.3) is 0 Å². The van der Waals surface area contributed by atoms with Crippen molar-refractivity contribution in [2.45, 2.75) is 36.2 Å². The van der Waals surface area contributed by atoms with E-state index in [4.69, 9.17) is 16.7 Å². The molecule has 3 nitrogen and oxygen atoms in total. The van der Waals surface area contributed by atoms with E-state index in [1.54, 1.807) is 11.8 Å². The standard InChI is InChI=1S/C24H24ClNO2S/c1-18-5-2-6-19(13-18)16-26(12-11-24(27)28)17-20-7-3-9-22(14-20)29-23-10-4-8-21(25)15-23/h2-10,13-15H,11-12,16-17H2,1H3,(H,27,28). The van der Waals surface area contributed by atoms with Crippen LogP contribution < -0.4 is 0 Å². The maximum absolute atomic E-state index is 11.1. The van der Waals surface area contributed by atoms with Gasteiger partial charge in [0.2, 0.25) is 0 Å². The van der Waals surface area contributed by atoms with Crippen molar-refractivity contribution in [2.24, 2.45) is 0 Å². The predicted octanol–water partition coefficient (Wildman–Crippen LogP) is 6.28. The van der Waals surface area contributed by atoms with Gasteiger partial charge in [0.15, 0.2) is 0 Å². The van der Waals surface area contributed by atoms with E-state index in [2.05, 4.69) is 48.2 Å². The smallest absolute Gasteiger partial charge is 0.304 e. The van der Waals surface area contributed by atoms with Gasteiger partial charge in [-0.05, 0) is 48.4 Å². The van der Waals surface area contributed by atoms with Crippen LogP contribution in [0.4, 0.5) is 0 Å². The maximum Gasteiger partial charge on any atom is 0.304 e. The Morgan fingerprint density at radius 2 is 1.55 bits per heavy atom. The molecular formula is C24H24ClNO2S. The van der Waals surface area contributed by atoms with E-state index in [1.807, 2.05) is 36.4 Å². The van der Waals surface area contributed by atoms with Crippen LogP contribution in [0.3, 0.4) is 0 Å². The van der Waals surface area contributed by atoms with Gasteiger partial charge in [-0.25, -0.2) is 0 Å². The van der Waals surface area contributed by atoms with E-state index in [0.717, 1.165) is 26.9 Å². The van der Waals surface area contributed by atoms with Gasteiger partial charge in [0.25, 0.3) is 0 Å². The number of rotatable bonds is 9. The molecule has 0 atom stereocenters. The second-order valence-electron chi connectivity index (χ2n) is 7.05. The van der Waals surface area contributed by atoms with Gasteiger partial charge in [-0.1, -0.05) is 71.4 Å². The van der Waals surface area contributed by atoms with Crippen LogP contribution in [0, 0.1) is 6.92 Å². The Labute approximate surface area is 181 Å². The molecular weight excluding hydrogens is 402 g/mol. The first-order chi connectivity index (χ1) is 14.0. The number of hydrogen-bond acceptors (Lipinski definition) is 3. The molecule has 0 unspecified atom stereocenters. The van der Waals surface area contributed by atoms with Crippen molar-refractivity contribution in [3.8, 4) is 0 Å². The van der Waals surface area contributed by atoms with E-state index < -0.39 is 5.97 Å². The molecule has 0 spiro atoms. The fraction of sp³-hybridized carbons (Fsp3) is 0.208. The molecule has 0 aromatic heterocycles. The molecule has 5 heteroatoms. The third-order valence-electron chi connectivity index (χ3n) is 4.47. The third kappa shape index (κ3) is 7.24. The lowest BCUT2D eigenvalue weighted by molar-refractivity contribution is -0.137. The van der Waals surface area contributed by atoms with E-state index in [1.165, 1.54) is 11.1 Å². The van der Waals surface area contributed by atoms with Crippen molar-refractivity contribution in [1.82, 2.24) is 4.90 Å². The van der Waals surface area contributed by atoms with Crippen LogP contribution >= 0.6 is 23.4 Å². The van der Waals surface area contributed by atoms with Gasteiger partial charge in [-0.3, -0.25) is 9.69 Å². The average molecular weight is 426 g/mol. The summed E-state index contributed by atoms with van der Waals surface area (Å²) in [5.41, 5.74) is 3.57. The van der Waals surface area contributed by atoms with E-state index in [0.29, 0.717) is 13.1 Å². The lowest BCUT2D eigenvalue weighted by atomic mass is 10.1. The highest BCUT2D eigenvalue weighted by Gasteiger charge is 2.11. The summed E-state index contributed by atoms with van der Waals surface area (Å²) < 4.78 is 0. The van der Waals surface area contributed by atoms with Gasteiger partial charge in [0.1, 0.15) is 0 Å². The maximum atomic E-state index is 11.1. The molecule has 29 heavy (non-hydrogen) atoms. The molecule has 3 rings (SSSR count). The Morgan fingerprint density at radius 1 is 0.931 bits per heavy atom. The largest absolute Gasteiger partial charge is 0.481 e. The Bertz CT molecular complexity index is 976. The molecule has 0 fully saturated rings. The Balaban J connectivity index is 1.73. The number of hydrogen-bond donors (Lipinski definition) is 1. The Hall–Kier alpha value is -2.27. The Kier molecular flexibility index (Phi) is 7.76. The lowest BCUT2D eigenvalue weighted by Crippen LogP contribution is -2.25. The number of carboxylic acid groups (broad SMARTS) is 1. The van der Waals surface area contributed by atoms with Crippen molar-refractivity contribution in [3.63, 3.8) is 0 Å². The molecule has 1 N–H and O–H groups in total. The highest BCUT2D eigenvalue weighted by molar-refractivity contribution is 7.99. The molecule has 3 aromatic rings. The third-order valence-corrected chi connectivity index (χ3v) is 5.68. The first-order valence-electron chi connectivity index (χ1n) is 9.50. The SMILES string of the molecule is Cc1cccc(CN(CCC(=O)O)Cc2cccc(Sc3cccc(Cl)c3)c2)c1. The van der Waals surface area contributed by atoms with Gasteiger partial charge >= 0.3 is 5.97 Å². The van der Waals surface area contributed by atoms with Gasteiger partial charge < -0.3 is 5.11 Å².